The molecule has 0 atom stereocenters. The Labute approximate surface area is 170 Å². The number of benzene rings is 1. The van der Waals surface area contributed by atoms with E-state index >= 15 is 0 Å². The number of carbonyl (C=O) groups is 1. The van der Waals surface area contributed by atoms with Crippen LogP contribution in [0.25, 0.3) is 11.1 Å². The lowest BCUT2D eigenvalue weighted by atomic mass is 10.0. The summed E-state index contributed by atoms with van der Waals surface area (Å²) in [6, 6.07) is 9.56. The first-order valence-corrected chi connectivity index (χ1v) is 9.81. The average Bonchev–Trinajstić information content (AvgIpc) is 3.22. The first-order valence-electron chi connectivity index (χ1n) is 9.43. The smallest absolute Gasteiger partial charge is 0.254 e. The van der Waals surface area contributed by atoms with Crippen molar-refractivity contribution in [1.29, 1.82) is 0 Å². The van der Waals surface area contributed by atoms with Crippen molar-refractivity contribution in [3.8, 4) is 11.1 Å². The molecule has 1 saturated heterocycles. The van der Waals surface area contributed by atoms with E-state index in [4.69, 9.17) is 11.6 Å². The molecule has 1 aliphatic rings. The van der Waals surface area contributed by atoms with Gasteiger partial charge in [-0.1, -0.05) is 17.7 Å². The molecule has 1 amide bonds. The van der Waals surface area contributed by atoms with E-state index in [2.05, 4.69) is 34.8 Å². The van der Waals surface area contributed by atoms with Gasteiger partial charge in [-0.25, -0.2) is 4.98 Å². The van der Waals surface area contributed by atoms with E-state index < -0.39 is 0 Å². The number of hydrogen-bond acceptors (Lipinski definition) is 3. The molecule has 1 aromatic carbocycles. The highest BCUT2D eigenvalue weighted by atomic mass is 35.5. The SMILES string of the molecule is Cc1cnc(N2CCN(C(=O)c3ccc(Cl)cc3-c3cc[nH]c3)CC2)c(C)c1. The standard InChI is InChI=1S/C22H23ClN4O/c1-15-11-16(2)21(25-13-15)26-7-9-27(10-8-26)22(28)19-4-3-18(23)12-20(19)17-5-6-24-14-17/h3-6,11-14,24H,7-10H2,1-2H3. The van der Waals surface area contributed by atoms with E-state index in [9.17, 15) is 4.79 Å². The lowest BCUT2D eigenvalue weighted by Crippen LogP contribution is -2.49. The van der Waals surface area contributed by atoms with Crippen LogP contribution in [0.1, 0.15) is 21.5 Å². The maximum Gasteiger partial charge on any atom is 0.254 e. The molecule has 6 heteroatoms. The molecule has 3 heterocycles. The third-order valence-electron chi connectivity index (χ3n) is 5.17. The summed E-state index contributed by atoms with van der Waals surface area (Å²) in [5.74, 6) is 1.05. The zero-order valence-electron chi connectivity index (χ0n) is 16.1. The highest BCUT2D eigenvalue weighted by Gasteiger charge is 2.25. The number of rotatable bonds is 3. The Morgan fingerprint density at radius 3 is 2.57 bits per heavy atom. The summed E-state index contributed by atoms with van der Waals surface area (Å²) in [5.41, 5.74) is 4.84. The van der Waals surface area contributed by atoms with Gasteiger partial charge < -0.3 is 14.8 Å². The molecule has 0 bridgehead atoms. The normalized spacial score (nSPS) is 14.4. The number of amides is 1. The minimum atomic E-state index is 0.0427. The molecule has 2 aromatic heterocycles. The van der Waals surface area contributed by atoms with Gasteiger partial charge in [-0.2, -0.15) is 0 Å². The van der Waals surface area contributed by atoms with Crippen LogP contribution in [0.3, 0.4) is 0 Å². The van der Waals surface area contributed by atoms with E-state index in [0.717, 1.165) is 35.6 Å². The van der Waals surface area contributed by atoms with E-state index in [1.165, 1.54) is 5.56 Å². The average molecular weight is 395 g/mol. The molecule has 144 valence electrons. The molecular weight excluding hydrogens is 372 g/mol. The van der Waals surface area contributed by atoms with Gasteiger partial charge in [-0.3, -0.25) is 4.79 Å². The van der Waals surface area contributed by atoms with Gasteiger partial charge in [0.1, 0.15) is 5.82 Å². The van der Waals surface area contributed by atoms with Crippen LogP contribution in [-0.2, 0) is 0 Å². The van der Waals surface area contributed by atoms with Gasteiger partial charge in [0.2, 0.25) is 0 Å². The van der Waals surface area contributed by atoms with E-state index in [1.54, 1.807) is 6.07 Å². The summed E-state index contributed by atoms with van der Waals surface area (Å²) >= 11 is 6.19. The molecule has 0 saturated carbocycles. The quantitative estimate of drug-likeness (QED) is 0.720. The second kappa shape index (κ2) is 7.68. The van der Waals surface area contributed by atoms with E-state index in [0.29, 0.717) is 23.7 Å². The monoisotopic (exact) mass is 394 g/mol. The number of anilines is 1. The number of piperazine rings is 1. The van der Waals surface area contributed by atoms with Crippen molar-refractivity contribution in [1.82, 2.24) is 14.9 Å². The molecule has 1 fully saturated rings. The zero-order valence-corrected chi connectivity index (χ0v) is 16.8. The third-order valence-corrected chi connectivity index (χ3v) is 5.41. The molecule has 28 heavy (non-hydrogen) atoms. The predicted octanol–water partition coefficient (Wildman–Crippen LogP) is 4.31. The van der Waals surface area contributed by atoms with Crippen LogP contribution in [0.5, 0.6) is 0 Å². The Kier molecular flexibility index (Phi) is 5.09. The number of halogens is 1. The van der Waals surface area contributed by atoms with Gasteiger partial charge in [0.05, 0.1) is 0 Å². The number of aryl methyl sites for hydroxylation is 2. The van der Waals surface area contributed by atoms with E-state index in [1.807, 2.05) is 41.7 Å². The van der Waals surface area contributed by atoms with Gasteiger partial charge in [0.25, 0.3) is 5.91 Å². The Bertz CT molecular complexity index is 992. The van der Waals surface area contributed by atoms with Gasteiger partial charge in [-0.05, 0) is 60.4 Å². The Morgan fingerprint density at radius 2 is 1.89 bits per heavy atom. The van der Waals surface area contributed by atoms with Crippen LogP contribution in [0.15, 0.2) is 48.9 Å². The predicted molar refractivity (Wildman–Crippen MR) is 113 cm³/mol. The van der Waals surface area contributed by atoms with Crippen molar-refractivity contribution in [3.63, 3.8) is 0 Å². The Balaban J connectivity index is 1.52. The van der Waals surface area contributed by atoms with Crippen LogP contribution in [0.4, 0.5) is 5.82 Å². The van der Waals surface area contributed by atoms with Crippen molar-refractivity contribution in [2.75, 3.05) is 31.1 Å². The van der Waals surface area contributed by atoms with Gasteiger partial charge >= 0.3 is 0 Å². The number of aromatic nitrogens is 2. The molecule has 4 rings (SSSR count). The number of aromatic amines is 1. The summed E-state index contributed by atoms with van der Waals surface area (Å²) in [7, 11) is 0. The lowest BCUT2D eigenvalue weighted by Gasteiger charge is -2.36. The molecule has 0 radical (unpaired) electrons. The first kappa shape index (κ1) is 18.6. The molecule has 1 aliphatic heterocycles. The number of hydrogen-bond donors (Lipinski definition) is 1. The van der Waals surface area contributed by atoms with Gasteiger partial charge in [-0.15, -0.1) is 0 Å². The lowest BCUT2D eigenvalue weighted by molar-refractivity contribution is 0.0747. The molecule has 0 unspecified atom stereocenters. The maximum atomic E-state index is 13.2. The number of carbonyl (C=O) groups excluding carboxylic acids is 1. The van der Waals surface area contributed by atoms with Crippen molar-refractivity contribution in [3.05, 3.63) is 70.6 Å². The fraction of sp³-hybridized carbons (Fsp3) is 0.273. The van der Waals surface area contributed by atoms with E-state index in [-0.39, 0.29) is 5.91 Å². The van der Waals surface area contributed by atoms with Crippen molar-refractivity contribution in [2.45, 2.75) is 13.8 Å². The highest BCUT2D eigenvalue weighted by molar-refractivity contribution is 6.31. The molecule has 0 spiro atoms. The summed E-state index contributed by atoms with van der Waals surface area (Å²) in [6.07, 6.45) is 5.63. The first-order chi connectivity index (χ1) is 13.5. The number of H-pyrrole nitrogens is 1. The molecular formula is C22H23ClN4O. The minimum absolute atomic E-state index is 0.0427. The Hall–Kier alpha value is -2.79. The second-order valence-electron chi connectivity index (χ2n) is 7.22. The highest BCUT2D eigenvalue weighted by Crippen LogP contribution is 2.28. The summed E-state index contributed by atoms with van der Waals surface area (Å²) < 4.78 is 0. The third kappa shape index (κ3) is 3.62. The molecule has 5 nitrogen and oxygen atoms in total. The summed E-state index contributed by atoms with van der Waals surface area (Å²) in [6.45, 7) is 7.02. The van der Waals surface area contributed by atoms with Crippen molar-refractivity contribution >= 4 is 23.3 Å². The minimum Gasteiger partial charge on any atom is -0.367 e. The van der Waals surface area contributed by atoms with Crippen LogP contribution in [-0.4, -0.2) is 47.0 Å². The van der Waals surface area contributed by atoms with Crippen molar-refractivity contribution < 1.29 is 4.79 Å². The Morgan fingerprint density at radius 1 is 1.11 bits per heavy atom. The van der Waals surface area contributed by atoms with Crippen LogP contribution in [0.2, 0.25) is 5.02 Å². The van der Waals surface area contributed by atoms with Crippen LogP contribution < -0.4 is 4.90 Å². The fourth-order valence-electron chi connectivity index (χ4n) is 3.76. The maximum absolute atomic E-state index is 13.2. The molecule has 1 N–H and O–H groups in total. The summed E-state index contributed by atoms with van der Waals surface area (Å²) in [4.78, 5) is 25.0. The number of pyridine rings is 1. The van der Waals surface area contributed by atoms with Crippen molar-refractivity contribution in [2.24, 2.45) is 0 Å². The van der Waals surface area contributed by atoms with Gasteiger partial charge in [0, 0.05) is 55.4 Å². The van der Waals surface area contributed by atoms with Gasteiger partial charge in [0.15, 0.2) is 0 Å². The molecule has 3 aromatic rings. The number of nitrogens with zero attached hydrogens (tertiary/aromatic N) is 3. The largest absolute Gasteiger partial charge is 0.367 e. The van der Waals surface area contributed by atoms with Crippen LogP contribution >= 0.6 is 11.6 Å². The molecule has 0 aliphatic carbocycles. The second-order valence-corrected chi connectivity index (χ2v) is 7.66. The zero-order chi connectivity index (χ0) is 19.7. The topological polar surface area (TPSA) is 52.2 Å². The number of nitrogens with one attached hydrogen (secondary N) is 1. The fourth-order valence-corrected chi connectivity index (χ4v) is 3.94. The summed E-state index contributed by atoms with van der Waals surface area (Å²) in [5, 5.41) is 0.624. The van der Waals surface area contributed by atoms with Crippen LogP contribution in [0, 0.1) is 13.8 Å².